The molecule has 0 fully saturated rings. The Balaban J connectivity index is 2.65. The SMILES string of the molecule is CC(=O)OC/C=C(C)\C=C\[C@@H](O)[C@H](C)/C=C/C1=C(C)CCCC1(C)C. The van der Waals surface area contributed by atoms with Gasteiger partial charge in [-0.2, -0.15) is 0 Å². The molecular weight excluding hydrogens is 312 g/mol. The van der Waals surface area contributed by atoms with Gasteiger partial charge < -0.3 is 9.84 Å². The first-order valence-electron chi connectivity index (χ1n) is 9.18. The fraction of sp³-hybridized carbons (Fsp3) is 0.591. The van der Waals surface area contributed by atoms with Crippen LogP contribution in [0.25, 0.3) is 0 Å². The van der Waals surface area contributed by atoms with Gasteiger partial charge in [0.05, 0.1) is 6.10 Å². The molecule has 0 spiro atoms. The van der Waals surface area contributed by atoms with Crippen molar-refractivity contribution in [2.75, 3.05) is 6.61 Å². The molecule has 0 saturated heterocycles. The molecule has 25 heavy (non-hydrogen) atoms. The highest BCUT2D eigenvalue weighted by molar-refractivity contribution is 5.66. The molecule has 0 amide bonds. The minimum absolute atomic E-state index is 0.0375. The largest absolute Gasteiger partial charge is 0.462 e. The van der Waals surface area contributed by atoms with Gasteiger partial charge in [-0.15, -0.1) is 0 Å². The average molecular weight is 347 g/mol. The molecule has 0 bridgehead atoms. The number of aliphatic hydroxyl groups excluding tert-OH is 1. The molecule has 1 N–H and O–H groups in total. The van der Waals surface area contributed by atoms with E-state index >= 15 is 0 Å². The van der Waals surface area contributed by atoms with Crippen LogP contribution in [-0.2, 0) is 9.53 Å². The summed E-state index contributed by atoms with van der Waals surface area (Å²) in [5, 5.41) is 10.3. The van der Waals surface area contributed by atoms with Gasteiger partial charge in [-0.1, -0.05) is 56.2 Å². The van der Waals surface area contributed by atoms with E-state index in [-0.39, 0.29) is 23.9 Å². The maximum Gasteiger partial charge on any atom is 0.302 e. The normalized spacial score (nSPS) is 21.0. The van der Waals surface area contributed by atoms with E-state index in [1.807, 2.05) is 26.0 Å². The van der Waals surface area contributed by atoms with Gasteiger partial charge >= 0.3 is 5.97 Å². The van der Waals surface area contributed by atoms with Gasteiger partial charge in [0.25, 0.3) is 0 Å². The highest BCUT2D eigenvalue weighted by atomic mass is 16.5. The van der Waals surface area contributed by atoms with Crippen molar-refractivity contribution in [3.63, 3.8) is 0 Å². The smallest absolute Gasteiger partial charge is 0.302 e. The summed E-state index contributed by atoms with van der Waals surface area (Å²) in [7, 11) is 0. The number of allylic oxidation sites excluding steroid dienone is 5. The number of rotatable bonds is 7. The summed E-state index contributed by atoms with van der Waals surface area (Å²) >= 11 is 0. The zero-order valence-electron chi connectivity index (χ0n) is 16.6. The Bertz CT molecular complexity index is 576. The van der Waals surface area contributed by atoms with Gasteiger partial charge in [-0.05, 0) is 50.2 Å². The summed E-state index contributed by atoms with van der Waals surface area (Å²) in [6, 6.07) is 0. The number of hydrogen-bond acceptors (Lipinski definition) is 3. The van der Waals surface area contributed by atoms with E-state index in [4.69, 9.17) is 4.74 Å². The quantitative estimate of drug-likeness (QED) is 0.513. The van der Waals surface area contributed by atoms with Crippen molar-refractivity contribution >= 4 is 5.97 Å². The Morgan fingerprint density at radius 2 is 2.00 bits per heavy atom. The Morgan fingerprint density at radius 1 is 1.32 bits per heavy atom. The van der Waals surface area contributed by atoms with Crippen LogP contribution in [-0.4, -0.2) is 23.8 Å². The van der Waals surface area contributed by atoms with Crippen LogP contribution in [0, 0.1) is 11.3 Å². The first kappa shape index (κ1) is 21.4. The van der Waals surface area contributed by atoms with E-state index in [1.165, 1.54) is 37.3 Å². The molecule has 1 aliphatic rings. The second kappa shape index (κ2) is 9.76. The summed E-state index contributed by atoms with van der Waals surface area (Å²) in [5.74, 6) is -0.252. The number of carbonyl (C=O) groups is 1. The van der Waals surface area contributed by atoms with Crippen molar-refractivity contribution in [3.8, 4) is 0 Å². The Labute approximate surface area is 153 Å². The lowest BCUT2D eigenvalue weighted by Crippen LogP contribution is -2.19. The minimum atomic E-state index is -0.541. The Hall–Kier alpha value is -1.61. The van der Waals surface area contributed by atoms with Crippen LogP contribution in [0.5, 0.6) is 0 Å². The van der Waals surface area contributed by atoms with Gasteiger partial charge in [0.15, 0.2) is 0 Å². The number of ether oxygens (including phenoxy) is 1. The molecule has 0 aromatic carbocycles. The van der Waals surface area contributed by atoms with Gasteiger partial charge in [-0.3, -0.25) is 4.79 Å². The molecule has 0 radical (unpaired) electrons. The second-order valence-corrected chi connectivity index (χ2v) is 7.75. The van der Waals surface area contributed by atoms with Crippen molar-refractivity contribution in [3.05, 3.63) is 47.1 Å². The summed E-state index contributed by atoms with van der Waals surface area (Å²) in [4.78, 5) is 10.7. The van der Waals surface area contributed by atoms with E-state index in [1.54, 1.807) is 6.08 Å². The van der Waals surface area contributed by atoms with E-state index in [9.17, 15) is 9.90 Å². The Morgan fingerprint density at radius 3 is 2.60 bits per heavy atom. The third kappa shape index (κ3) is 7.43. The maximum absolute atomic E-state index is 10.7. The lowest BCUT2D eigenvalue weighted by atomic mass is 9.72. The summed E-state index contributed by atoms with van der Waals surface area (Å²) < 4.78 is 4.87. The first-order valence-corrected chi connectivity index (χ1v) is 9.18. The zero-order chi connectivity index (χ0) is 19.0. The number of hydrogen-bond donors (Lipinski definition) is 1. The lowest BCUT2D eigenvalue weighted by molar-refractivity contribution is -0.139. The second-order valence-electron chi connectivity index (χ2n) is 7.75. The molecule has 0 aliphatic heterocycles. The molecule has 0 aromatic rings. The van der Waals surface area contributed by atoms with Crippen LogP contribution in [0.1, 0.15) is 60.8 Å². The molecule has 0 heterocycles. The summed E-state index contributed by atoms with van der Waals surface area (Å²) in [5.41, 5.74) is 4.06. The maximum atomic E-state index is 10.7. The first-order chi connectivity index (χ1) is 11.6. The molecule has 0 saturated carbocycles. The van der Waals surface area contributed by atoms with Crippen molar-refractivity contribution in [1.82, 2.24) is 0 Å². The van der Waals surface area contributed by atoms with E-state index in [0.29, 0.717) is 0 Å². The average Bonchev–Trinajstić information content (AvgIpc) is 2.50. The van der Waals surface area contributed by atoms with Crippen molar-refractivity contribution in [2.45, 2.75) is 66.9 Å². The molecule has 2 atom stereocenters. The molecule has 3 nitrogen and oxygen atoms in total. The monoisotopic (exact) mass is 346 g/mol. The van der Waals surface area contributed by atoms with Crippen LogP contribution in [0.4, 0.5) is 0 Å². The predicted molar refractivity (Wildman–Crippen MR) is 104 cm³/mol. The van der Waals surface area contributed by atoms with Gasteiger partial charge in [0.1, 0.15) is 6.61 Å². The molecular formula is C22H34O3. The van der Waals surface area contributed by atoms with Crippen LogP contribution in [0.3, 0.4) is 0 Å². The van der Waals surface area contributed by atoms with Crippen LogP contribution < -0.4 is 0 Å². The van der Waals surface area contributed by atoms with E-state index in [2.05, 4.69) is 32.9 Å². The van der Waals surface area contributed by atoms with Crippen molar-refractivity contribution in [1.29, 1.82) is 0 Å². The fourth-order valence-electron chi connectivity index (χ4n) is 3.16. The minimum Gasteiger partial charge on any atom is -0.462 e. The van der Waals surface area contributed by atoms with Crippen LogP contribution >= 0.6 is 0 Å². The topological polar surface area (TPSA) is 46.5 Å². The van der Waals surface area contributed by atoms with Gasteiger partial charge in [0, 0.05) is 12.8 Å². The van der Waals surface area contributed by atoms with Crippen molar-refractivity contribution in [2.24, 2.45) is 11.3 Å². The molecule has 0 aromatic heterocycles. The van der Waals surface area contributed by atoms with E-state index < -0.39 is 6.10 Å². The summed E-state index contributed by atoms with van der Waals surface area (Å²) in [6.45, 7) is 12.4. The van der Waals surface area contributed by atoms with Crippen LogP contribution in [0.15, 0.2) is 47.1 Å². The predicted octanol–water partition coefficient (Wildman–Crippen LogP) is 5.13. The van der Waals surface area contributed by atoms with Gasteiger partial charge in [-0.25, -0.2) is 0 Å². The number of aliphatic hydroxyl groups is 1. The molecule has 3 heteroatoms. The van der Waals surface area contributed by atoms with E-state index in [0.717, 1.165) is 5.57 Å². The number of esters is 1. The highest BCUT2D eigenvalue weighted by Gasteiger charge is 2.26. The lowest BCUT2D eigenvalue weighted by Gasteiger charge is -2.33. The summed E-state index contributed by atoms with van der Waals surface area (Å²) in [6.07, 6.45) is 12.9. The van der Waals surface area contributed by atoms with Crippen molar-refractivity contribution < 1.29 is 14.6 Å². The fourth-order valence-corrected chi connectivity index (χ4v) is 3.16. The zero-order valence-corrected chi connectivity index (χ0v) is 16.6. The third-order valence-corrected chi connectivity index (χ3v) is 4.90. The molecule has 1 aliphatic carbocycles. The standard InChI is InChI=1S/C22H34O3/c1-16(13-15-25-19(4)23)9-12-21(24)18(3)10-11-20-17(2)8-7-14-22(20,5)6/h9-13,18,21,24H,7-8,14-15H2,1-6H3/b11-10+,12-9+,16-13-/t18-,21-/m1/s1. The van der Waals surface area contributed by atoms with Gasteiger partial charge in [0.2, 0.25) is 0 Å². The van der Waals surface area contributed by atoms with Crippen LogP contribution in [0.2, 0.25) is 0 Å². The number of carbonyl (C=O) groups excluding carboxylic acids is 1. The molecule has 140 valence electrons. The highest BCUT2D eigenvalue weighted by Crippen LogP contribution is 2.40. The molecule has 1 rings (SSSR count). The third-order valence-electron chi connectivity index (χ3n) is 4.90. The molecule has 0 unspecified atom stereocenters. The Kier molecular flexibility index (Phi) is 8.37.